The van der Waals surface area contributed by atoms with Gasteiger partial charge >= 0.3 is 0 Å². The van der Waals surface area contributed by atoms with E-state index in [4.69, 9.17) is 10.9 Å². The Hall–Kier alpha value is -2.37. The van der Waals surface area contributed by atoms with Crippen molar-refractivity contribution in [3.63, 3.8) is 0 Å². The molecule has 2 aromatic rings. The van der Waals surface area contributed by atoms with Gasteiger partial charge in [0.25, 0.3) is 0 Å². The Balaban J connectivity index is 2.39. The van der Waals surface area contributed by atoms with Gasteiger partial charge in [-0.25, -0.2) is 9.37 Å². The van der Waals surface area contributed by atoms with Crippen LogP contribution in [-0.2, 0) is 6.54 Å². The number of rotatable bonds is 3. The van der Waals surface area contributed by atoms with Gasteiger partial charge in [0.2, 0.25) is 0 Å². The molecular weight excluding hydrogens is 247 g/mol. The highest BCUT2D eigenvalue weighted by atomic mass is 19.1. The molecule has 1 aromatic heterocycles. The molecule has 0 fully saturated rings. The summed E-state index contributed by atoms with van der Waals surface area (Å²) in [5.74, 6) is -0.721. The summed E-state index contributed by atoms with van der Waals surface area (Å²) in [6.07, 6.45) is 1.67. The molecule has 0 saturated carbocycles. The number of imidazole rings is 1. The lowest BCUT2D eigenvalue weighted by atomic mass is 10.1. The Morgan fingerprint density at radius 3 is 2.79 bits per heavy atom. The highest BCUT2D eigenvalue weighted by molar-refractivity contribution is 5.97. The van der Waals surface area contributed by atoms with Crippen LogP contribution in [0.4, 0.5) is 4.39 Å². The number of aromatic nitrogens is 2. The van der Waals surface area contributed by atoms with Crippen molar-refractivity contribution in [3.8, 4) is 0 Å². The molecule has 0 aliphatic heterocycles. The summed E-state index contributed by atoms with van der Waals surface area (Å²) in [7, 11) is 0. The first-order chi connectivity index (χ1) is 9.04. The summed E-state index contributed by atoms with van der Waals surface area (Å²) in [5.41, 5.74) is 7.88. The quantitative estimate of drug-likeness (QED) is 0.383. The number of nitrogens with zero attached hydrogens (tertiary/aromatic N) is 3. The number of hydrogen-bond acceptors (Lipinski definition) is 3. The first kappa shape index (κ1) is 13.1. The molecule has 3 N–H and O–H groups in total. The average Bonchev–Trinajstić information content (AvgIpc) is 2.72. The monoisotopic (exact) mass is 262 g/mol. The number of nitrogens with two attached hydrogens (primary N) is 1. The maximum Gasteiger partial charge on any atom is 0.173 e. The maximum absolute atomic E-state index is 14.2. The first-order valence-corrected chi connectivity index (χ1v) is 5.78. The van der Waals surface area contributed by atoms with Crippen molar-refractivity contribution >= 4 is 5.84 Å². The zero-order valence-corrected chi connectivity index (χ0v) is 10.8. The van der Waals surface area contributed by atoms with Crippen LogP contribution in [0.1, 0.15) is 22.5 Å². The fourth-order valence-electron chi connectivity index (χ4n) is 1.84. The van der Waals surface area contributed by atoms with Gasteiger partial charge in [-0.3, -0.25) is 0 Å². The van der Waals surface area contributed by atoms with Crippen molar-refractivity contribution in [3.05, 3.63) is 52.9 Å². The van der Waals surface area contributed by atoms with E-state index in [1.807, 2.05) is 18.4 Å². The molecule has 0 bridgehead atoms. The third kappa shape index (κ3) is 2.42. The summed E-state index contributed by atoms with van der Waals surface area (Å²) in [6, 6.07) is 4.81. The second kappa shape index (κ2) is 5.09. The van der Waals surface area contributed by atoms with E-state index < -0.39 is 5.82 Å². The molecule has 19 heavy (non-hydrogen) atoms. The highest BCUT2D eigenvalue weighted by Gasteiger charge is 2.12. The van der Waals surface area contributed by atoms with Crippen molar-refractivity contribution in [2.45, 2.75) is 20.4 Å². The maximum atomic E-state index is 14.2. The van der Waals surface area contributed by atoms with E-state index in [0.717, 1.165) is 11.4 Å². The van der Waals surface area contributed by atoms with E-state index in [2.05, 4.69) is 10.1 Å². The third-order valence-corrected chi connectivity index (χ3v) is 3.15. The minimum absolute atomic E-state index is 0.0921. The summed E-state index contributed by atoms with van der Waals surface area (Å²) in [6.45, 7) is 4.17. The predicted molar refractivity (Wildman–Crippen MR) is 69.7 cm³/mol. The summed E-state index contributed by atoms with van der Waals surface area (Å²) in [5, 5.41) is 11.4. The molecule has 0 radical (unpaired) electrons. The van der Waals surface area contributed by atoms with Crippen molar-refractivity contribution in [1.82, 2.24) is 9.55 Å². The second-order valence-corrected chi connectivity index (χ2v) is 4.31. The van der Waals surface area contributed by atoms with Gasteiger partial charge in [-0.15, -0.1) is 0 Å². The predicted octanol–water partition coefficient (Wildman–Crippen LogP) is 1.78. The first-order valence-electron chi connectivity index (χ1n) is 5.78. The number of aryl methyl sites for hydroxylation is 1. The van der Waals surface area contributed by atoms with E-state index in [-0.39, 0.29) is 11.4 Å². The fourth-order valence-corrected chi connectivity index (χ4v) is 1.84. The Kier molecular flexibility index (Phi) is 3.50. The molecule has 0 spiro atoms. The Bertz CT molecular complexity index is 634. The van der Waals surface area contributed by atoms with Gasteiger partial charge < -0.3 is 15.5 Å². The Morgan fingerprint density at radius 1 is 1.47 bits per heavy atom. The van der Waals surface area contributed by atoms with Crippen LogP contribution >= 0.6 is 0 Å². The number of halogens is 1. The van der Waals surface area contributed by atoms with Crippen LogP contribution in [0.2, 0.25) is 0 Å². The Morgan fingerprint density at radius 2 is 2.21 bits per heavy atom. The molecule has 0 saturated heterocycles. The molecule has 5 nitrogen and oxygen atoms in total. The van der Waals surface area contributed by atoms with E-state index in [0.29, 0.717) is 12.1 Å². The van der Waals surface area contributed by atoms with E-state index in [1.54, 1.807) is 18.5 Å². The molecular formula is C13H15FN4O. The van der Waals surface area contributed by atoms with Crippen LogP contribution in [0.3, 0.4) is 0 Å². The summed E-state index contributed by atoms with van der Waals surface area (Å²) >= 11 is 0. The lowest BCUT2D eigenvalue weighted by Crippen LogP contribution is -2.16. The van der Waals surface area contributed by atoms with Crippen LogP contribution in [0.15, 0.2) is 29.7 Å². The molecule has 1 aromatic carbocycles. The van der Waals surface area contributed by atoms with Gasteiger partial charge in [-0.05, 0) is 19.9 Å². The molecule has 1 heterocycles. The molecule has 0 aliphatic rings. The van der Waals surface area contributed by atoms with Crippen molar-refractivity contribution in [1.29, 1.82) is 0 Å². The fraction of sp³-hybridized carbons (Fsp3) is 0.231. The van der Waals surface area contributed by atoms with E-state index in [9.17, 15) is 4.39 Å². The molecule has 100 valence electrons. The molecule has 0 unspecified atom stereocenters. The standard InChI is InChI=1S/C13H15FN4O/c1-8-9(2)18(7-16-8)6-10-4-3-5-11(12(10)14)13(15)17-19/h3-5,7,19H,6H2,1-2H3,(H2,15,17). The molecule has 0 aliphatic carbocycles. The van der Waals surface area contributed by atoms with Crippen LogP contribution < -0.4 is 5.73 Å². The van der Waals surface area contributed by atoms with Gasteiger partial charge in [0.1, 0.15) is 5.82 Å². The van der Waals surface area contributed by atoms with Crippen LogP contribution in [0.5, 0.6) is 0 Å². The van der Waals surface area contributed by atoms with Gasteiger partial charge in [0, 0.05) is 11.3 Å². The highest BCUT2D eigenvalue weighted by Crippen LogP contribution is 2.16. The zero-order chi connectivity index (χ0) is 14.0. The SMILES string of the molecule is Cc1ncn(Cc2cccc(/C(N)=N/O)c2F)c1C. The average molecular weight is 262 g/mol. The molecule has 0 atom stereocenters. The van der Waals surface area contributed by atoms with Crippen LogP contribution in [0.25, 0.3) is 0 Å². The topological polar surface area (TPSA) is 76.4 Å². The van der Waals surface area contributed by atoms with Gasteiger partial charge in [-0.1, -0.05) is 17.3 Å². The summed E-state index contributed by atoms with van der Waals surface area (Å²) in [4.78, 5) is 4.17. The van der Waals surface area contributed by atoms with Crippen LogP contribution in [0, 0.1) is 19.7 Å². The number of amidine groups is 1. The van der Waals surface area contributed by atoms with Gasteiger partial charge in [0.15, 0.2) is 5.84 Å². The Labute approximate surface area is 110 Å². The normalized spacial score (nSPS) is 11.8. The van der Waals surface area contributed by atoms with E-state index in [1.165, 1.54) is 6.07 Å². The smallest absolute Gasteiger partial charge is 0.173 e. The lowest BCUT2D eigenvalue weighted by Gasteiger charge is -2.09. The van der Waals surface area contributed by atoms with Gasteiger partial charge in [0.05, 0.1) is 24.1 Å². The van der Waals surface area contributed by atoms with Gasteiger partial charge in [-0.2, -0.15) is 0 Å². The number of oxime groups is 1. The van der Waals surface area contributed by atoms with Crippen molar-refractivity contribution in [2.75, 3.05) is 0 Å². The largest absolute Gasteiger partial charge is 0.409 e. The second-order valence-electron chi connectivity index (χ2n) is 4.31. The summed E-state index contributed by atoms with van der Waals surface area (Å²) < 4.78 is 16.1. The van der Waals surface area contributed by atoms with Crippen molar-refractivity contribution in [2.24, 2.45) is 10.9 Å². The zero-order valence-electron chi connectivity index (χ0n) is 10.8. The number of hydrogen-bond donors (Lipinski definition) is 2. The number of benzene rings is 1. The van der Waals surface area contributed by atoms with Crippen molar-refractivity contribution < 1.29 is 9.60 Å². The lowest BCUT2D eigenvalue weighted by molar-refractivity contribution is 0.318. The molecule has 0 amide bonds. The molecule has 6 heteroatoms. The third-order valence-electron chi connectivity index (χ3n) is 3.15. The van der Waals surface area contributed by atoms with E-state index >= 15 is 0 Å². The molecule has 2 rings (SSSR count). The minimum Gasteiger partial charge on any atom is -0.409 e. The van der Waals surface area contributed by atoms with Crippen LogP contribution in [-0.4, -0.2) is 20.6 Å². The minimum atomic E-state index is -0.483.